The Balaban J connectivity index is 1.90. The molecule has 25 heavy (non-hydrogen) atoms. The zero-order chi connectivity index (χ0) is 18.2. The van der Waals surface area contributed by atoms with Gasteiger partial charge in [0.05, 0.1) is 0 Å². The van der Waals surface area contributed by atoms with Gasteiger partial charge in [-0.1, -0.05) is 12.1 Å². The number of aryl methyl sites for hydroxylation is 2. The largest absolute Gasteiger partial charge is 0.484 e. The first-order valence-electron chi connectivity index (χ1n) is 7.86. The standard InChI is InChI=1S/C19H22N2O4/c1-13-7-14(2)9-17(8-13)25-12-19(23)21-16-6-4-5-15(10-16)20-18(22)11-24-3/h4-10H,11-12H2,1-3H3,(H,20,22)(H,21,23). The lowest BCUT2D eigenvalue weighted by atomic mass is 10.1. The molecule has 2 N–H and O–H groups in total. The van der Waals surface area contributed by atoms with Crippen LogP contribution < -0.4 is 15.4 Å². The summed E-state index contributed by atoms with van der Waals surface area (Å²) in [7, 11) is 1.45. The maximum absolute atomic E-state index is 12.0. The molecule has 0 heterocycles. The van der Waals surface area contributed by atoms with Crippen molar-refractivity contribution in [1.29, 1.82) is 0 Å². The van der Waals surface area contributed by atoms with E-state index in [1.54, 1.807) is 24.3 Å². The molecule has 132 valence electrons. The van der Waals surface area contributed by atoms with Crippen LogP contribution in [0.1, 0.15) is 11.1 Å². The van der Waals surface area contributed by atoms with E-state index in [2.05, 4.69) is 10.6 Å². The molecule has 0 aliphatic heterocycles. The van der Waals surface area contributed by atoms with Gasteiger partial charge < -0.3 is 20.1 Å². The monoisotopic (exact) mass is 342 g/mol. The van der Waals surface area contributed by atoms with E-state index in [1.807, 2.05) is 32.0 Å². The molecule has 0 aliphatic carbocycles. The van der Waals surface area contributed by atoms with Gasteiger partial charge >= 0.3 is 0 Å². The minimum Gasteiger partial charge on any atom is -0.484 e. The minimum atomic E-state index is -0.278. The fourth-order valence-electron chi connectivity index (χ4n) is 2.37. The summed E-state index contributed by atoms with van der Waals surface area (Å²) in [5, 5.41) is 5.42. The van der Waals surface area contributed by atoms with Crippen LogP contribution in [0.25, 0.3) is 0 Å². The Morgan fingerprint density at radius 1 is 0.880 bits per heavy atom. The minimum absolute atomic E-state index is 0.0274. The average Bonchev–Trinajstić information content (AvgIpc) is 2.52. The van der Waals surface area contributed by atoms with Gasteiger partial charge in [-0.05, 0) is 55.3 Å². The van der Waals surface area contributed by atoms with Crippen LogP contribution in [0, 0.1) is 13.8 Å². The van der Waals surface area contributed by atoms with Crippen molar-refractivity contribution in [3.63, 3.8) is 0 Å². The van der Waals surface area contributed by atoms with Gasteiger partial charge in [0, 0.05) is 18.5 Å². The molecule has 0 unspecified atom stereocenters. The van der Waals surface area contributed by atoms with Crippen LogP contribution in [0.3, 0.4) is 0 Å². The molecule has 0 atom stereocenters. The van der Waals surface area contributed by atoms with Gasteiger partial charge in [-0.15, -0.1) is 0 Å². The molecule has 2 aromatic carbocycles. The van der Waals surface area contributed by atoms with E-state index in [-0.39, 0.29) is 25.0 Å². The van der Waals surface area contributed by atoms with E-state index < -0.39 is 0 Å². The van der Waals surface area contributed by atoms with E-state index >= 15 is 0 Å². The van der Waals surface area contributed by atoms with E-state index in [0.717, 1.165) is 11.1 Å². The van der Waals surface area contributed by atoms with Crippen LogP contribution in [-0.2, 0) is 14.3 Å². The topological polar surface area (TPSA) is 76.7 Å². The zero-order valence-corrected chi connectivity index (χ0v) is 14.6. The highest BCUT2D eigenvalue weighted by Crippen LogP contribution is 2.17. The van der Waals surface area contributed by atoms with Crippen LogP contribution in [-0.4, -0.2) is 32.1 Å². The van der Waals surface area contributed by atoms with Crippen LogP contribution in [0.4, 0.5) is 11.4 Å². The van der Waals surface area contributed by atoms with Gasteiger partial charge in [0.25, 0.3) is 5.91 Å². The molecule has 0 radical (unpaired) electrons. The Kier molecular flexibility index (Phi) is 6.54. The number of methoxy groups -OCH3 is 1. The Bertz CT molecular complexity index is 739. The van der Waals surface area contributed by atoms with Crippen molar-refractivity contribution in [2.24, 2.45) is 0 Å². The second-order valence-corrected chi connectivity index (χ2v) is 5.72. The second-order valence-electron chi connectivity index (χ2n) is 5.72. The summed E-state index contributed by atoms with van der Waals surface area (Å²) in [5.41, 5.74) is 3.31. The summed E-state index contributed by atoms with van der Waals surface area (Å²) in [4.78, 5) is 23.6. The van der Waals surface area contributed by atoms with E-state index in [1.165, 1.54) is 7.11 Å². The predicted octanol–water partition coefficient (Wildman–Crippen LogP) is 2.91. The van der Waals surface area contributed by atoms with Crippen LogP contribution in [0.5, 0.6) is 5.75 Å². The lowest BCUT2D eigenvalue weighted by Gasteiger charge is -2.10. The van der Waals surface area contributed by atoms with E-state index in [9.17, 15) is 9.59 Å². The first kappa shape index (κ1) is 18.5. The van der Waals surface area contributed by atoms with Crippen molar-refractivity contribution in [1.82, 2.24) is 0 Å². The molecule has 6 nitrogen and oxygen atoms in total. The summed E-state index contributed by atoms with van der Waals surface area (Å²) in [6.45, 7) is 3.83. The molecule has 0 aliphatic rings. The smallest absolute Gasteiger partial charge is 0.262 e. The molecule has 0 fully saturated rings. The highest BCUT2D eigenvalue weighted by atomic mass is 16.5. The molecule has 2 rings (SSSR count). The number of hydrogen-bond acceptors (Lipinski definition) is 4. The van der Waals surface area contributed by atoms with Crippen molar-refractivity contribution < 1.29 is 19.1 Å². The normalized spacial score (nSPS) is 10.2. The Morgan fingerprint density at radius 3 is 2.00 bits per heavy atom. The Labute approximate surface area is 147 Å². The summed E-state index contributed by atoms with van der Waals surface area (Å²) in [6, 6.07) is 12.7. The molecule has 0 spiro atoms. The molecule has 0 aromatic heterocycles. The third-order valence-corrected chi connectivity index (χ3v) is 3.27. The van der Waals surface area contributed by atoms with Gasteiger partial charge in [0.2, 0.25) is 5.91 Å². The van der Waals surface area contributed by atoms with Crippen molar-refractivity contribution >= 4 is 23.2 Å². The summed E-state index contributed by atoms with van der Waals surface area (Å²) in [6.07, 6.45) is 0. The maximum Gasteiger partial charge on any atom is 0.262 e. The fraction of sp³-hybridized carbons (Fsp3) is 0.263. The number of rotatable bonds is 7. The third-order valence-electron chi connectivity index (χ3n) is 3.27. The highest BCUT2D eigenvalue weighted by molar-refractivity contribution is 5.95. The summed E-state index contributed by atoms with van der Waals surface area (Å²) < 4.78 is 10.3. The van der Waals surface area contributed by atoms with Crippen molar-refractivity contribution in [2.45, 2.75) is 13.8 Å². The predicted molar refractivity (Wildman–Crippen MR) is 97.0 cm³/mol. The Hall–Kier alpha value is -2.86. The Morgan fingerprint density at radius 2 is 1.44 bits per heavy atom. The quantitative estimate of drug-likeness (QED) is 0.811. The molecule has 2 amide bonds. The molecule has 0 bridgehead atoms. The zero-order valence-electron chi connectivity index (χ0n) is 14.6. The number of amides is 2. The molecular formula is C19H22N2O4. The van der Waals surface area contributed by atoms with E-state index in [4.69, 9.17) is 9.47 Å². The van der Waals surface area contributed by atoms with Crippen molar-refractivity contribution in [3.05, 3.63) is 53.6 Å². The SMILES string of the molecule is COCC(=O)Nc1cccc(NC(=O)COc2cc(C)cc(C)c2)c1. The van der Waals surface area contributed by atoms with Gasteiger partial charge in [0.15, 0.2) is 6.61 Å². The number of carbonyl (C=O) groups excluding carboxylic acids is 2. The fourth-order valence-corrected chi connectivity index (χ4v) is 2.37. The number of carbonyl (C=O) groups is 2. The number of ether oxygens (including phenoxy) is 2. The molecular weight excluding hydrogens is 320 g/mol. The molecule has 6 heteroatoms. The van der Waals surface area contributed by atoms with Crippen molar-refractivity contribution in [2.75, 3.05) is 31.0 Å². The number of nitrogens with one attached hydrogen (secondary N) is 2. The highest BCUT2D eigenvalue weighted by Gasteiger charge is 2.06. The third kappa shape index (κ3) is 6.27. The lowest BCUT2D eigenvalue weighted by molar-refractivity contribution is -0.119. The first-order valence-corrected chi connectivity index (χ1v) is 7.86. The van der Waals surface area contributed by atoms with Crippen molar-refractivity contribution in [3.8, 4) is 5.75 Å². The van der Waals surface area contributed by atoms with Crippen LogP contribution in [0.2, 0.25) is 0 Å². The maximum atomic E-state index is 12.0. The number of hydrogen-bond donors (Lipinski definition) is 2. The van der Waals surface area contributed by atoms with Gasteiger partial charge in [-0.2, -0.15) is 0 Å². The molecule has 2 aromatic rings. The molecule has 0 saturated heterocycles. The number of benzene rings is 2. The van der Waals surface area contributed by atoms with Gasteiger partial charge in [0.1, 0.15) is 12.4 Å². The summed E-state index contributed by atoms with van der Waals surface area (Å²) in [5.74, 6) is 0.122. The number of anilines is 2. The lowest BCUT2D eigenvalue weighted by Crippen LogP contribution is -2.20. The first-order chi connectivity index (χ1) is 12.0. The van der Waals surface area contributed by atoms with Crippen LogP contribution in [0.15, 0.2) is 42.5 Å². The van der Waals surface area contributed by atoms with Gasteiger partial charge in [-0.3, -0.25) is 9.59 Å². The van der Waals surface area contributed by atoms with E-state index in [0.29, 0.717) is 17.1 Å². The average molecular weight is 342 g/mol. The summed E-state index contributed by atoms with van der Waals surface area (Å²) >= 11 is 0. The second kappa shape index (κ2) is 8.84. The van der Waals surface area contributed by atoms with Gasteiger partial charge in [-0.25, -0.2) is 0 Å². The van der Waals surface area contributed by atoms with Crippen LogP contribution >= 0.6 is 0 Å². The molecule has 0 saturated carbocycles.